The molecule has 0 aliphatic carbocycles. The SMILES string of the molecule is COCc1cccc(Oc2nc(N)cc(Br)n2)c1. The number of ether oxygens (including phenoxy) is 2. The number of aromatic nitrogens is 2. The van der Waals surface area contributed by atoms with Gasteiger partial charge in [0.1, 0.15) is 16.2 Å². The van der Waals surface area contributed by atoms with Crippen LogP contribution >= 0.6 is 15.9 Å². The average molecular weight is 310 g/mol. The molecule has 2 N–H and O–H groups in total. The minimum Gasteiger partial charge on any atom is -0.424 e. The topological polar surface area (TPSA) is 70.3 Å². The Bertz CT molecular complexity index is 528. The number of anilines is 1. The summed E-state index contributed by atoms with van der Waals surface area (Å²) in [5, 5.41) is 0. The first-order chi connectivity index (χ1) is 8.67. The molecule has 0 spiro atoms. The zero-order valence-electron chi connectivity index (χ0n) is 9.76. The lowest BCUT2D eigenvalue weighted by Gasteiger charge is -2.06. The molecular formula is C12H12BrN3O2. The number of rotatable bonds is 4. The van der Waals surface area contributed by atoms with Crippen molar-refractivity contribution in [3.63, 3.8) is 0 Å². The summed E-state index contributed by atoms with van der Waals surface area (Å²) in [5.41, 5.74) is 6.62. The van der Waals surface area contributed by atoms with Crippen molar-refractivity contribution in [1.29, 1.82) is 0 Å². The number of hydrogen-bond donors (Lipinski definition) is 1. The molecule has 0 radical (unpaired) electrons. The number of halogens is 1. The number of hydrogen-bond acceptors (Lipinski definition) is 5. The number of nitrogen functional groups attached to an aromatic ring is 1. The Morgan fingerprint density at radius 1 is 1.28 bits per heavy atom. The first kappa shape index (κ1) is 12.8. The van der Waals surface area contributed by atoms with Gasteiger partial charge in [-0.1, -0.05) is 12.1 Å². The van der Waals surface area contributed by atoms with Gasteiger partial charge in [0.25, 0.3) is 0 Å². The van der Waals surface area contributed by atoms with Gasteiger partial charge in [-0.2, -0.15) is 9.97 Å². The molecule has 1 heterocycles. The van der Waals surface area contributed by atoms with Crippen LogP contribution in [0.1, 0.15) is 5.56 Å². The molecule has 0 saturated heterocycles. The van der Waals surface area contributed by atoms with Crippen molar-refractivity contribution in [2.45, 2.75) is 6.61 Å². The molecule has 1 aromatic carbocycles. The third-order valence-corrected chi connectivity index (χ3v) is 2.52. The molecule has 6 heteroatoms. The van der Waals surface area contributed by atoms with Gasteiger partial charge in [-0.15, -0.1) is 0 Å². The van der Waals surface area contributed by atoms with Crippen molar-refractivity contribution < 1.29 is 9.47 Å². The summed E-state index contributed by atoms with van der Waals surface area (Å²) in [6, 6.07) is 9.33. The third kappa shape index (κ3) is 3.41. The highest BCUT2D eigenvalue weighted by Crippen LogP contribution is 2.22. The molecule has 0 amide bonds. The van der Waals surface area contributed by atoms with Gasteiger partial charge in [0.15, 0.2) is 0 Å². The Kier molecular flexibility index (Phi) is 4.11. The van der Waals surface area contributed by atoms with E-state index in [0.29, 0.717) is 22.8 Å². The summed E-state index contributed by atoms with van der Waals surface area (Å²) in [4.78, 5) is 8.07. The molecule has 1 aromatic heterocycles. The molecular weight excluding hydrogens is 298 g/mol. The number of nitrogens with zero attached hydrogens (tertiary/aromatic N) is 2. The standard InChI is InChI=1S/C12H12BrN3O2/c1-17-7-8-3-2-4-9(5-8)18-12-15-10(13)6-11(14)16-12/h2-6H,7H2,1H3,(H2,14,15,16). The van der Waals surface area contributed by atoms with Gasteiger partial charge in [0.05, 0.1) is 6.61 Å². The van der Waals surface area contributed by atoms with Gasteiger partial charge in [-0.25, -0.2) is 0 Å². The van der Waals surface area contributed by atoms with Crippen LogP contribution in [0.2, 0.25) is 0 Å². The number of nitrogens with two attached hydrogens (primary N) is 1. The van der Waals surface area contributed by atoms with Gasteiger partial charge in [0.2, 0.25) is 0 Å². The van der Waals surface area contributed by atoms with E-state index in [1.165, 1.54) is 0 Å². The van der Waals surface area contributed by atoms with Crippen LogP contribution in [0.3, 0.4) is 0 Å². The predicted octanol–water partition coefficient (Wildman–Crippen LogP) is 2.76. The van der Waals surface area contributed by atoms with Gasteiger partial charge < -0.3 is 15.2 Å². The van der Waals surface area contributed by atoms with Gasteiger partial charge in [0, 0.05) is 13.2 Å². The second-order valence-electron chi connectivity index (χ2n) is 3.58. The Morgan fingerprint density at radius 3 is 2.83 bits per heavy atom. The second-order valence-corrected chi connectivity index (χ2v) is 4.39. The van der Waals surface area contributed by atoms with E-state index in [9.17, 15) is 0 Å². The summed E-state index contributed by atoms with van der Waals surface area (Å²) in [6.45, 7) is 0.526. The lowest BCUT2D eigenvalue weighted by atomic mass is 10.2. The lowest BCUT2D eigenvalue weighted by Crippen LogP contribution is -1.97. The number of methoxy groups -OCH3 is 1. The van der Waals surface area contributed by atoms with E-state index in [0.717, 1.165) is 5.56 Å². The van der Waals surface area contributed by atoms with Crippen LogP contribution in [-0.4, -0.2) is 17.1 Å². The summed E-state index contributed by atoms with van der Waals surface area (Å²) in [6.07, 6.45) is 0. The molecule has 5 nitrogen and oxygen atoms in total. The molecule has 0 bridgehead atoms. The van der Waals surface area contributed by atoms with E-state index >= 15 is 0 Å². The van der Waals surface area contributed by atoms with Gasteiger partial charge >= 0.3 is 6.01 Å². The predicted molar refractivity (Wildman–Crippen MR) is 71.4 cm³/mol. The summed E-state index contributed by atoms with van der Waals surface area (Å²) >= 11 is 3.23. The van der Waals surface area contributed by atoms with E-state index in [2.05, 4.69) is 25.9 Å². The lowest BCUT2D eigenvalue weighted by molar-refractivity contribution is 0.184. The van der Waals surface area contributed by atoms with E-state index in [-0.39, 0.29) is 6.01 Å². The highest BCUT2D eigenvalue weighted by Gasteiger charge is 2.04. The first-order valence-corrected chi connectivity index (χ1v) is 6.02. The second kappa shape index (κ2) is 5.79. The molecule has 0 fully saturated rings. The van der Waals surface area contributed by atoms with Crippen LogP contribution < -0.4 is 10.5 Å². The van der Waals surface area contributed by atoms with E-state index in [1.807, 2.05) is 24.3 Å². The van der Waals surface area contributed by atoms with Crippen molar-refractivity contribution in [2.75, 3.05) is 12.8 Å². The summed E-state index contributed by atoms with van der Waals surface area (Å²) < 4.78 is 11.2. The van der Waals surface area contributed by atoms with E-state index in [4.69, 9.17) is 15.2 Å². The van der Waals surface area contributed by atoms with Crippen LogP contribution in [0.25, 0.3) is 0 Å². The fourth-order valence-corrected chi connectivity index (χ4v) is 1.82. The van der Waals surface area contributed by atoms with Crippen LogP contribution in [0.4, 0.5) is 5.82 Å². The van der Waals surface area contributed by atoms with Crippen molar-refractivity contribution in [3.05, 3.63) is 40.5 Å². The quantitative estimate of drug-likeness (QED) is 0.879. The zero-order chi connectivity index (χ0) is 13.0. The summed E-state index contributed by atoms with van der Waals surface area (Å²) in [7, 11) is 1.64. The average Bonchev–Trinajstić information content (AvgIpc) is 2.28. The molecule has 0 aliphatic rings. The fraction of sp³-hybridized carbons (Fsp3) is 0.167. The molecule has 2 aromatic rings. The Hall–Kier alpha value is -1.66. The van der Waals surface area contributed by atoms with E-state index < -0.39 is 0 Å². The summed E-state index contributed by atoms with van der Waals surface area (Å²) in [5.74, 6) is 0.988. The third-order valence-electron chi connectivity index (χ3n) is 2.11. The molecule has 0 aliphatic heterocycles. The minimum atomic E-state index is 0.205. The Morgan fingerprint density at radius 2 is 2.11 bits per heavy atom. The van der Waals surface area contributed by atoms with E-state index in [1.54, 1.807) is 13.2 Å². The molecule has 0 saturated carbocycles. The highest BCUT2D eigenvalue weighted by atomic mass is 79.9. The monoisotopic (exact) mass is 309 g/mol. The van der Waals surface area contributed by atoms with Crippen molar-refractivity contribution in [1.82, 2.24) is 9.97 Å². The highest BCUT2D eigenvalue weighted by molar-refractivity contribution is 9.10. The van der Waals surface area contributed by atoms with Crippen LogP contribution in [0, 0.1) is 0 Å². The smallest absolute Gasteiger partial charge is 0.325 e. The Labute approximate surface area is 113 Å². The van der Waals surface area contributed by atoms with Crippen molar-refractivity contribution in [3.8, 4) is 11.8 Å². The first-order valence-electron chi connectivity index (χ1n) is 5.23. The number of benzene rings is 1. The maximum Gasteiger partial charge on any atom is 0.325 e. The molecule has 94 valence electrons. The van der Waals surface area contributed by atoms with Crippen LogP contribution in [0.5, 0.6) is 11.8 Å². The molecule has 0 unspecified atom stereocenters. The maximum absolute atomic E-state index is 5.61. The maximum atomic E-state index is 5.61. The minimum absolute atomic E-state index is 0.205. The van der Waals surface area contributed by atoms with Crippen molar-refractivity contribution >= 4 is 21.7 Å². The van der Waals surface area contributed by atoms with Crippen molar-refractivity contribution in [2.24, 2.45) is 0 Å². The molecule has 0 atom stereocenters. The molecule has 18 heavy (non-hydrogen) atoms. The normalized spacial score (nSPS) is 10.3. The fourth-order valence-electron chi connectivity index (χ4n) is 1.43. The molecule has 2 rings (SSSR count). The Balaban J connectivity index is 2.20. The largest absolute Gasteiger partial charge is 0.424 e. The van der Waals surface area contributed by atoms with Crippen LogP contribution in [-0.2, 0) is 11.3 Å². The van der Waals surface area contributed by atoms with Crippen LogP contribution in [0.15, 0.2) is 34.9 Å². The van der Waals surface area contributed by atoms with Gasteiger partial charge in [-0.3, -0.25) is 0 Å². The zero-order valence-corrected chi connectivity index (χ0v) is 11.3. The van der Waals surface area contributed by atoms with Gasteiger partial charge in [-0.05, 0) is 33.6 Å².